The standard InChI is InChI=1S/C24H21ClN4O2/c1-16-22(17-8-14-21(31-2)15-9-17)23(29(28-16)20-6-4-3-5-7-20)27-24(30)26-19-12-10-18(25)11-13-19/h3-15H,1-2H3,(H2,26,27,30). The second kappa shape index (κ2) is 8.93. The smallest absolute Gasteiger partial charge is 0.324 e. The van der Waals surface area contributed by atoms with Gasteiger partial charge in [-0.25, -0.2) is 9.48 Å². The Kier molecular flexibility index (Phi) is 5.91. The van der Waals surface area contributed by atoms with E-state index in [-0.39, 0.29) is 6.03 Å². The molecule has 0 aliphatic rings. The molecule has 2 amide bonds. The van der Waals surface area contributed by atoms with Crippen molar-refractivity contribution in [3.05, 3.63) is 89.6 Å². The molecule has 156 valence electrons. The number of nitrogens with zero attached hydrogens (tertiary/aromatic N) is 2. The number of carbonyl (C=O) groups is 1. The third-order valence-corrected chi connectivity index (χ3v) is 5.03. The van der Waals surface area contributed by atoms with Crippen molar-refractivity contribution in [1.82, 2.24) is 9.78 Å². The number of rotatable bonds is 5. The summed E-state index contributed by atoms with van der Waals surface area (Å²) < 4.78 is 7.00. The van der Waals surface area contributed by atoms with E-state index in [4.69, 9.17) is 21.4 Å². The van der Waals surface area contributed by atoms with Crippen LogP contribution in [0.3, 0.4) is 0 Å². The van der Waals surface area contributed by atoms with Crippen molar-refractivity contribution in [2.24, 2.45) is 0 Å². The van der Waals surface area contributed by atoms with Crippen LogP contribution in [0.5, 0.6) is 5.75 Å². The van der Waals surface area contributed by atoms with E-state index in [1.165, 1.54) is 0 Å². The number of halogens is 1. The lowest BCUT2D eigenvalue weighted by Crippen LogP contribution is -2.21. The highest BCUT2D eigenvalue weighted by Gasteiger charge is 2.20. The molecule has 6 nitrogen and oxygen atoms in total. The van der Waals surface area contributed by atoms with Crippen molar-refractivity contribution < 1.29 is 9.53 Å². The molecule has 0 spiro atoms. The Bertz CT molecular complexity index is 1190. The second-order valence-electron chi connectivity index (χ2n) is 6.87. The van der Waals surface area contributed by atoms with E-state index in [2.05, 4.69) is 10.6 Å². The van der Waals surface area contributed by atoms with Crippen LogP contribution in [0.4, 0.5) is 16.3 Å². The number of nitrogens with one attached hydrogen (secondary N) is 2. The number of methoxy groups -OCH3 is 1. The minimum Gasteiger partial charge on any atom is -0.497 e. The van der Waals surface area contributed by atoms with Crippen LogP contribution >= 0.6 is 11.6 Å². The molecular formula is C24H21ClN4O2. The summed E-state index contributed by atoms with van der Waals surface area (Å²) in [6, 6.07) is 23.9. The first kappa shape index (κ1) is 20.5. The van der Waals surface area contributed by atoms with Crippen molar-refractivity contribution in [1.29, 1.82) is 0 Å². The number of amides is 2. The number of carbonyl (C=O) groups excluding carboxylic acids is 1. The molecule has 0 unspecified atom stereocenters. The van der Waals surface area contributed by atoms with Crippen LogP contribution < -0.4 is 15.4 Å². The van der Waals surface area contributed by atoms with E-state index < -0.39 is 0 Å². The summed E-state index contributed by atoms with van der Waals surface area (Å²) >= 11 is 5.93. The van der Waals surface area contributed by atoms with Crippen molar-refractivity contribution >= 4 is 29.1 Å². The van der Waals surface area contributed by atoms with Gasteiger partial charge < -0.3 is 10.1 Å². The summed E-state index contributed by atoms with van der Waals surface area (Å²) in [5.74, 6) is 1.33. The minimum absolute atomic E-state index is 0.380. The Morgan fingerprint density at radius 3 is 2.26 bits per heavy atom. The largest absolute Gasteiger partial charge is 0.497 e. The highest BCUT2D eigenvalue weighted by atomic mass is 35.5. The third-order valence-electron chi connectivity index (χ3n) is 4.77. The van der Waals surface area contributed by atoms with E-state index in [1.54, 1.807) is 36.1 Å². The number of hydrogen-bond acceptors (Lipinski definition) is 3. The SMILES string of the molecule is COc1ccc(-c2c(C)nn(-c3ccccc3)c2NC(=O)Nc2ccc(Cl)cc2)cc1. The molecule has 0 saturated carbocycles. The van der Waals surface area contributed by atoms with Crippen LogP contribution in [0.15, 0.2) is 78.9 Å². The zero-order valence-corrected chi connectivity index (χ0v) is 17.9. The molecule has 0 aliphatic heterocycles. The van der Waals surface area contributed by atoms with Crippen molar-refractivity contribution in [2.75, 3.05) is 17.7 Å². The van der Waals surface area contributed by atoms with Crippen LogP contribution in [-0.4, -0.2) is 22.9 Å². The van der Waals surface area contributed by atoms with Gasteiger partial charge >= 0.3 is 6.03 Å². The number of ether oxygens (including phenoxy) is 1. The number of hydrogen-bond donors (Lipinski definition) is 2. The summed E-state index contributed by atoms with van der Waals surface area (Å²) in [7, 11) is 1.63. The Labute approximate surface area is 185 Å². The molecule has 7 heteroatoms. The lowest BCUT2D eigenvalue weighted by atomic mass is 10.1. The number of benzene rings is 3. The van der Waals surface area contributed by atoms with Gasteiger partial charge in [0.05, 0.1) is 18.5 Å². The molecule has 4 aromatic rings. The van der Waals surface area contributed by atoms with Gasteiger partial charge in [0.25, 0.3) is 0 Å². The number of urea groups is 1. The first-order chi connectivity index (χ1) is 15.0. The molecule has 0 fully saturated rings. The molecule has 0 atom stereocenters. The molecule has 0 radical (unpaired) electrons. The quantitative estimate of drug-likeness (QED) is 0.397. The Morgan fingerprint density at radius 1 is 0.935 bits per heavy atom. The van der Waals surface area contributed by atoms with Crippen molar-refractivity contribution in [3.8, 4) is 22.6 Å². The first-order valence-electron chi connectivity index (χ1n) is 9.68. The fourth-order valence-electron chi connectivity index (χ4n) is 3.31. The normalized spacial score (nSPS) is 10.5. The summed E-state index contributed by atoms with van der Waals surface area (Å²) in [5.41, 5.74) is 4.01. The predicted molar refractivity (Wildman–Crippen MR) is 124 cm³/mol. The Hall–Kier alpha value is -3.77. The maximum Gasteiger partial charge on any atom is 0.324 e. The highest BCUT2D eigenvalue weighted by molar-refractivity contribution is 6.30. The molecule has 0 saturated heterocycles. The van der Waals surface area contributed by atoms with Gasteiger partial charge in [-0.15, -0.1) is 0 Å². The average Bonchev–Trinajstić information content (AvgIpc) is 3.11. The summed E-state index contributed by atoms with van der Waals surface area (Å²) in [6.45, 7) is 1.92. The van der Waals surface area contributed by atoms with Crippen LogP contribution in [-0.2, 0) is 0 Å². The summed E-state index contributed by atoms with van der Waals surface area (Å²) in [6.07, 6.45) is 0. The van der Waals surface area contributed by atoms with Gasteiger partial charge in [-0.2, -0.15) is 5.10 Å². The predicted octanol–water partition coefficient (Wildman–Crippen LogP) is 6.15. The Morgan fingerprint density at radius 2 is 1.61 bits per heavy atom. The molecule has 0 aliphatic carbocycles. The molecular weight excluding hydrogens is 412 g/mol. The van der Waals surface area contributed by atoms with Crippen molar-refractivity contribution in [2.45, 2.75) is 6.92 Å². The van der Waals surface area contributed by atoms with Crippen LogP contribution in [0.2, 0.25) is 5.02 Å². The van der Waals surface area contributed by atoms with Crippen LogP contribution in [0, 0.1) is 6.92 Å². The monoisotopic (exact) mass is 432 g/mol. The summed E-state index contributed by atoms with van der Waals surface area (Å²) in [4.78, 5) is 12.8. The maximum atomic E-state index is 12.8. The zero-order valence-electron chi connectivity index (χ0n) is 17.1. The topological polar surface area (TPSA) is 68.2 Å². The number of para-hydroxylation sites is 1. The van der Waals surface area contributed by atoms with E-state index in [9.17, 15) is 4.79 Å². The fourth-order valence-corrected chi connectivity index (χ4v) is 3.43. The van der Waals surface area contributed by atoms with E-state index in [0.717, 1.165) is 28.3 Å². The van der Waals surface area contributed by atoms with E-state index >= 15 is 0 Å². The van der Waals surface area contributed by atoms with Gasteiger partial charge in [-0.3, -0.25) is 5.32 Å². The van der Waals surface area contributed by atoms with Crippen molar-refractivity contribution in [3.63, 3.8) is 0 Å². The van der Waals surface area contributed by atoms with Crippen LogP contribution in [0.1, 0.15) is 5.69 Å². The van der Waals surface area contributed by atoms with E-state index in [1.807, 2.05) is 61.5 Å². The maximum absolute atomic E-state index is 12.8. The first-order valence-corrected chi connectivity index (χ1v) is 10.1. The highest BCUT2D eigenvalue weighted by Crippen LogP contribution is 2.34. The molecule has 31 heavy (non-hydrogen) atoms. The third kappa shape index (κ3) is 4.54. The lowest BCUT2D eigenvalue weighted by Gasteiger charge is -2.13. The molecule has 0 bridgehead atoms. The van der Waals surface area contributed by atoms with Gasteiger partial charge in [0, 0.05) is 16.3 Å². The second-order valence-corrected chi connectivity index (χ2v) is 7.31. The molecule has 3 aromatic carbocycles. The van der Waals surface area contributed by atoms with Gasteiger partial charge in [0.1, 0.15) is 11.6 Å². The minimum atomic E-state index is -0.380. The zero-order chi connectivity index (χ0) is 21.8. The number of aromatic nitrogens is 2. The van der Waals surface area contributed by atoms with Gasteiger partial charge in [-0.05, 0) is 61.0 Å². The molecule has 1 heterocycles. The number of aryl methyl sites for hydroxylation is 1. The van der Waals surface area contributed by atoms with Crippen LogP contribution in [0.25, 0.3) is 16.8 Å². The van der Waals surface area contributed by atoms with E-state index in [0.29, 0.717) is 16.5 Å². The summed E-state index contributed by atoms with van der Waals surface area (Å²) in [5, 5.41) is 11.1. The fraction of sp³-hybridized carbons (Fsp3) is 0.0833. The van der Waals surface area contributed by atoms with Gasteiger partial charge in [0.2, 0.25) is 0 Å². The van der Waals surface area contributed by atoms with Gasteiger partial charge in [-0.1, -0.05) is 41.9 Å². The van der Waals surface area contributed by atoms with Gasteiger partial charge in [0.15, 0.2) is 0 Å². The average molecular weight is 433 g/mol. The Balaban J connectivity index is 1.73. The molecule has 1 aromatic heterocycles. The molecule has 4 rings (SSSR count). The molecule has 2 N–H and O–H groups in total. The lowest BCUT2D eigenvalue weighted by molar-refractivity contribution is 0.262. The number of anilines is 2.